The quantitative estimate of drug-likeness (QED) is 0.652. The number of nitrogens with zero attached hydrogens (tertiary/aromatic N) is 5. The summed E-state index contributed by atoms with van der Waals surface area (Å²) in [5, 5.41) is 23.2. The van der Waals surface area contributed by atoms with Gasteiger partial charge in [0.1, 0.15) is 6.33 Å². The topological polar surface area (TPSA) is 113 Å². The molecule has 2 N–H and O–H groups in total. The van der Waals surface area contributed by atoms with Crippen molar-refractivity contribution < 1.29 is 14.7 Å². The highest BCUT2D eigenvalue weighted by Crippen LogP contribution is 2.33. The number of carbonyl (C=O) groups excluding carboxylic acids is 1. The number of tetrazole rings is 1. The van der Waals surface area contributed by atoms with Crippen LogP contribution in [0.5, 0.6) is 0 Å². The summed E-state index contributed by atoms with van der Waals surface area (Å²) in [6, 6.07) is 7.93. The zero-order valence-electron chi connectivity index (χ0n) is 15.6. The maximum Gasteiger partial charge on any atom is 0.317 e. The van der Waals surface area contributed by atoms with E-state index in [-0.39, 0.29) is 24.5 Å². The molecule has 1 aromatic carbocycles. The van der Waals surface area contributed by atoms with Crippen LogP contribution >= 0.6 is 0 Å². The third kappa shape index (κ3) is 4.72. The standard InChI is InChI=1S/C19H24N6O3/c26-18(7-13-3-5-16(6-4-13)25-12-20-22-23-25)21-15-8-17(9-15)24(11-19(27)28)10-14-1-2-14/h3-6,12,14-15,17H,1-2,7-11H2,(H,21,26)(H,27,28). The van der Waals surface area contributed by atoms with Crippen molar-refractivity contribution in [2.75, 3.05) is 13.1 Å². The van der Waals surface area contributed by atoms with Gasteiger partial charge in [0.25, 0.3) is 0 Å². The normalized spacial score (nSPS) is 21.3. The van der Waals surface area contributed by atoms with Gasteiger partial charge >= 0.3 is 5.97 Å². The Morgan fingerprint density at radius 3 is 2.57 bits per heavy atom. The Labute approximate surface area is 162 Å². The van der Waals surface area contributed by atoms with Crippen LogP contribution in [0.25, 0.3) is 5.69 Å². The number of aromatic nitrogens is 4. The minimum atomic E-state index is -0.779. The molecule has 28 heavy (non-hydrogen) atoms. The van der Waals surface area contributed by atoms with E-state index in [9.17, 15) is 9.59 Å². The van der Waals surface area contributed by atoms with Gasteiger partial charge in [0.2, 0.25) is 5.91 Å². The molecule has 9 heteroatoms. The first kappa shape index (κ1) is 18.5. The minimum absolute atomic E-state index is 0.00870. The van der Waals surface area contributed by atoms with Crippen LogP contribution in [0, 0.1) is 5.92 Å². The van der Waals surface area contributed by atoms with Crippen molar-refractivity contribution in [3.63, 3.8) is 0 Å². The molecule has 0 bridgehead atoms. The number of hydrogen-bond acceptors (Lipinski definition) is 6. The molecule has 2 aliphatic carbocycles. The third-order valence-electron chi connectivity index (χ3n) is 5.44. The Balaban J connectivity index is 1.23. The number of hydrogen-bond donors (Lipinski definition) is 2. The summed E-state index contributed by atoms with van der Waals surface area (Å²) in [5.41, 5.74) is 1.76. The van der Waals surface area contributed by atoms with E-state index < -0.39 is 5.97 Å². The first-order valence-corrected chi connectivity index (χ1v) is 9.64. The number of carboxylic acid groups (broad SMARTS) is 1. The molecule has 4 rings (SSSR count). The van der Waals surface area contributed by atoms with Crippen molar-refractivity contribution in [1.29, 1.82) is 0 Å². The van der Waals surface area contributed by atoms with Gasteiger partial charge in [-0.15, -0.1) is 5.10 Å². The number of amides is 1. The molecule has 1 heterocycles. The summed E-state index contributed by atoms with van der Waals surface area (Å²) in [5.74, 6) is -0.131. The van der Waals surface area contributed by atoms with Crippen molar-refractivity contribution >= 4 is 11.9 Å². The van der Waals surface area contributed by atoms with Crippen LogP contribution in [0.4, 0.5) is 0 Å². The third-order valence-corrected chi connectivity index (χ3v) is 5.44. The molecule has 9 nitrogen and oxygen atoms in total. The van der Waals surface area contributed by atoms with Crippen molar-refractivity contribution in [1.82, 2.24) is 30.4 Å². The van der Waals surface area contributed by atoms with Crippen LogP contribution in [0.15, 0.2) is 30.6 Å². The highest BCUT2D eigenvalue weighted by molar-refractivity contribution is 5.79. The number of nitrogens with one attached hydrogen (secondary N) is 1. The summed E-state index contributed by atoms with van der Waals surface area (Å²) in [4.78, 5) is 25.5. The number of carbonyl (C=O) groups is 2. The Morgan fingerprint density at radius 1 is 1.21 bits per heavy atom. The highest BCUT2D eigenvalue weighted by atomic mass is 16.4. The molecular formula is C19H24N6O3. The average Bonchev–Trinajstić information content (AvgIpc) is 3.27. The van der Waals surface area contributed by atoms with Crippen molar-refractivity contribution in [3.05, 3.63) is 36.2 Å². The smallest absolute Gasteiger partial charge is 0.317 e. The van der Waals surface area contributed by atoms with Gasteiger partial charge < -0.3 is 10.4 Å². The minimum Gasteiger partial charge on any atom is -0.480 e. The van der Waals surface area contributed by atoms with E-state index >= 15 is 0 Å². The van der Waals surface area contributed by atoms with E-state index in [2.05, 4.69) is 25.7 Å². The van der Waals surface area contributed by atoms with E-state index in [4.69, 9.17) is 5.11 Å². The monoisotopic (exact) mass is 384 g/mol. The first-order valence-electron chi connectivity index (χ1n) is 9.64. The molecule has 0 aliphatic heterocycles. The van der Waals surface area contributed by atoms with Gasteiger partial charge in [0.05, 0.1) is 18.7 Å². The predicted molar refractivity (Wildman–Crippen MR) is 99.7 cm³/mol. The lowest BCUT2D eigenvalue weighted by molar-refractivity contribution is -0.140. The van der Waals surface area contributed by atoms with Gasteiger partial charge in [-0.25, -0.2) is 4.68 Å². The molecule has 0 spiro atoms. The summed E-state index contributed by atoms with van der Waals surface area (Å²) in [6.45, 7) is 0.959. The van der Waals surface area contributed by atoms with Crippen LogP contribution in [0.2, 0.25) is 0 Å². The van der Waals surface area contributed by atoms with Gasteiger partial charge in [0, 0.05) is 18.6 Å². The maximum absolute atomic E-state index is 12.3. The fraction of sp³-hybridized carbons (Fsp3) is 0.526. The predicted octanol–water partition coefficient (Wildman–Crippen LogP) is 0.649. The van der Waals surface area contributed by atoms with Crippen LogP contribution < -0.4 is 5.32 Å². The summed E-state index contributed by atoms with van der Waals surface area (Å²) >= 11 is 0. The molecule has 1 amide bonds. The Kier molecular flexibility index (Phi) is 5.34. The average molecular weight is 384 g/mol. The molecule has 0 unspecified atom stereocenters. The second kappa shape index (κ2) is 8.05. The molecule has 0 atom stereocenters. The molecule has 148 valence electrons. The van der Waals surface area contributed by atoms with Gasteiger partial charge in [-0.3, -0.25) is 14.5 Å². The lowest BCUT2D eigenvalue weighted by Gasteiger charge is -2.42. The SMILES string of the molecule is O=C(O)CN(CC1CC1)C1CC(NC(=O)Cc2ccc(-n3cnnn3)cc2)C1. The van der Waals surface area contributed by atoms with E-state index in [0.717, 1.165) is 30.6 Å². The molecule has 0 radical (unpaired) electrons. The van der Waals surface area contributed by atoms with Gasteiger partial charge in [-0.2, -0.15) is 0 Å². The molecule has 0 saturated heterocycles. The second-order valence-corrected chi connectivity index (χ2v) is 7.75. The number of aliphatic carboxylic acids is 1. The first-order chi connectivity index (χ1) is 13.6. The van der Waals surface area contributed by atoms with Crippen molar-refractivity contribution in [2.24, 2.45) is 5.92 Å². The molecule has 2 aromatic rings. The summed E-state index contributed by atoms with van der Waals surface area (Å²) < 4.78 is 1.56. The van der Waals surface area contributed by atoms with Crippen LogP contribution in [0.3, 0.4) is 0 Å². The largest absolute Gasteiger partial charge is 0.480 e. The highest BCUT2D eigenvalue weighted by Gasteiger charge is 2.37. The second-order valence-electron chi connectivity index (χ2n) is 7.75. The molecule has 2 saturated carbocycles. The van der Waals surface area contributed by atoms with E-state index in [0.29, 0.717) is 12.3 Å². The molecular weight excluding hydrogens is 360 g/mol. The van der Waals surface area contributed by atoms with Crippen molar-refractivity contribution in [2.45, 2.75) is 44.2 Å². The summed E-state index contributed by atoms with van der Waals surface area (Å²) in [7, 11) is 0. The number of benzene rings is 1. The van der Waals surface area contributed by atoms with E-state index in [1.54, 1.807) is 4.68 Å². The van der Waals surface area contributed by atoms with Gasteiger partial charge in [0.15, 0.2) is 0 Å². The fourth-order valence-electron chi connectivity index (χ4n) is 3.66. The lowest BCUT2D eigenvalue weighted by Crippen LogP contribution is -2.55. The van der Waals surface area contributed by atoms with Crippen LogP contribution in [-0.4, -0.2) is 67.3 Å². The molecule has 1 aromatic heterocycles. The molecule has 2 aliphatic rings. The summed E-state index contributed by atoms with van der Waals surface area (Å²) in [6.07, 6.45) is 5.89. The lowest BCUT2D eigenvalue weighted by atomic mass is 9.85. The Bertz CT molecular complexity index is 813. The zero-order valence-corrected chi connectivity index (χ0v) is 15.6. The number of carboxylic acids is 1. The van der Waals surface area contributed by atoms with Gasteiger partial charge in [-0.1, -0.05) is 12.1 Å². The van der Waals surface area contributed by atoms with Crippen LogP contribution in [-0.2, 0) is 16.0 Å². The Morgan fingerprint density at radius 2 is 1.96 bits per heavy atom. The zero-order chi connectivity index (χ0) is 19.5. The van der Waals surface area contributed by atoms with Crippen LogP contribution in [0.1, 0.15) is 31.2 Å². The fourth-order valence-corrected chi connectivity index (χ4v) is 3.66. The Hall–Kier alpha value is -2.81. The van der Waals surface area contributed by atoms with E-state index in [1.807, 2.05) is 24.3 Å². The number of rotatable bonds is 9. The maximum atomic E-state index is 12.3. The van der Waals surface area contributed by atoms with E-state index in [1.165, 1.54) is 19.2 Å². The molecule has 2 fully saturated rings. The van der Waals surface area contributed by atoms with Crippen molar-refractivity contribution in [3.8, 4) is 5.69 Å². The van der Waals surface area contributed by atoms with Gasteiger partial charge in [-0.05, 0) is 59.7 Å².